The number of aromatic nitrogens is 1. The minimum absolute atomic E-state index is 0.235. The summed E-state index contributed by atoms with van der Waals surface area (Å²) in [7, 11) is 0. The van der Waals surface area contributed by atoms with E-state index in [0.29, 0.717) is 22.7 Å². The van der Waals surface area contributed by atoms with Crippen molar-refractivity contribution >= 4 is 40.0 Å². The van der Waals surface area contributed by atoms with Crippen molar-refractivity contribution in [3.63, 3.8) is 0 Å². The minimum Gasteiger partial charge on any atom is -0.361 e. The Hall–Kier alpha value is -2.79. The third-order valence-electron chi connectivity index (χ3n) is 4.26. The fourth-order valence-electron chi connectivity index (χ4n) is 2.91. The number of aromatic amines is 1. The summed E-state index contributed by atoms with van der Waals surface area (Å²) in [5, 5.41) is 7.31. The minimum atomic E-state index is -0.630. The SMILES string of the molecule is CC(C)CC(NC(=O)c1ccc(Cl)cc1)C(=O)Nc1ccc2[nH]ccc2c1. The molecule has 0 aliphatic heterocycles. The van der Waals surface area contributed by atoms with E-state index in [9.17, 15) is 9.59 Å². The molecular formula is C21H22ClN3O2. The van der Waals surface area contributed by atoms with Gasteiger partial charge in [0.1, 0.15) is 6.04 Å². The number of carbonyl (C=O) groups excluding carboxylic acids is 2. The highest BCUT2D eigenvalue weighted by molar-refractivity contribution is 6.30. The number of benzene rings is 2. The molecule has 0 saturated carbocycles. The van der Waals surface area contributed by atoms with Crippen LogP contribution in [0.1, 0.15) is 30.6 Å². The molecule has 1 unspecified atom stereocenters. The summed E-state index contributed by atoms with van der Waals surface area (Å²) in [6, 6.07) is 13.5. The smallest absolute Gasteiger partial charge is 0.251 e. The van der Waals surface area contributed by atoms with E-state index >= 15 is 0 Å². The number of amides is 2. The van der Waals surface area contributed by atoms with Gasteiger partial charge < -0.3 is 15.6 Å². The lowest BCUT2D eigenvalue weighted by Gasteiger charge is -2.20. The van der Waals surface area contributed by atoms with Crippen LogP contribution in [0.2, 0.25) is 5.02 Å². The Morgan fingerprint density at radius 1 is 1.07 bits per heavy atom. The molecule has 6 heteroatoms. The zero-order chi connectivity index (χ0) is 19.4. The number of rotatable bonds is 6. The lowest BCUT2D eigenvalue weighted by atomic mass is 10.0. The lowest BCUT2D eigenvalue weighted by Crippen LogP contribution is -2.44. The molecule has 0 spiro atoms. The number of H-pyrrole nitrogens is 1. The third-order valence-corrected chi connectivity index (χ3v) is 4.51. The molecule has 2 amide bonds. The highest BCUT2D eigenvalue weighted by Gasteiger charge is 2.22. The summed E-state index contributed by atoms with van der Waals surface area (Å²) in [6.45, 7) is 4.03. The van der Waals surface area contributed by atoms with Crippen LogP contribution in [0.3, 0.4) is 0 Å². The molecule has 0 bridgehead atoms. The first-order chi connectivity index (χ1) is 12.9. The van der Waals surface area contributed by atoms with Gasteiger partial charge in [-0.3, -0.25) is 9.59 Å². The molecule has 140 valence electrons. The first kappa shape index (κ1) is 19.0. The van der Waals surface area contributed by atoms with Gasteiger partial charge in [-0.05, 0) is 60.9 Å². The molecule has 1 aromatic heterocycles. The summed E-state index contributed by atoms with van der Waals surface area (Å²) < 4.78 is 0. The van der Waals surface area contributed by atoms with E-state index in [2.05, 4.69) is 15.6 Å². The van der Waals surface area contributed by atoms with Crippen LogP contribution in [0.5, 0.6) is 0 Å². The van der Waals surface area contributed by atoms with E-state index in [0.717, 1.165) is 10.9 Å². The first-order valence-corrected chi connectivity index (χ1v) is 9.24. The maximum atomic E-state index is 12.8. The van der Waals surface area contributed by atoms with Gasteiger partial charge in [-0.1, -0.05) is 25.4 Å². The summed E-state index contributed by atoms with van der Waals surface area (Å²) in [6.07, 6.45) is 2.39. The highest BCUT2D eigenvalue weighted by Crippen LogP contribution is 2.19. The lowest BCUT2D eigenvalue weighted by molar-refractivity contribution is -0.118. The van der Waals surface area contributed by atoms with Crippen molar-refractivity contribution in [1.29, 1.82) is 0 Å². The monoisotopic (exact) mass is 383 g/mol. The van der Waals surface area contributed by atoms with E-state index < -0.39 is 6.04 Å². The molecule has 0 fully saturated rings. The Bertz CT molecular complexity index is 947. The Balaban J connectivity index is 1.73. The van der Waals surface area contributed by atoms with Crippen LogP contribution >= 0.6 is 11.6 Å². The Morgan fingerprint density at radius 3 is 2.52 bits per heavy atom. The van der Waals surface area contributed by atoms with Gasteiger partial charge >= 0.3 is 0 Å². The second-order valence-corrected chi connectivity index (χ2v) is 7.37. The standard InChI is InChI=1S/C21H22ClN3O2/c1-13(2)11-19(25-20(26)14-3-5-16(22)6-4-14)21(27)24-17-7-8-18-15(12-17)9-10-23-18/h3-10,12-13,19,23H,11H2,1-2H3,(H,24,27)(H,25,26). The van der Waals surface area contributed by atoms with Crippen molar-refractivity contribution in [2.75, 3.05) is 5.32 Å². The zero-order valence-electron chi connectivity index (χ0n) is 15.3. The van der Waals surface area contributed by atoms with Crippen molar-refractivity contribution in [2.45, 2.75) is 26.3 Å². The Kier molecular flexibility index (Phi) is 5.81. The number of anilines is 1. The van der Waals surface area contributed by atoms with Crippen molar-refractivity contribution in [1.82, 2.24) is 10.3 Å². The summed E-state index contributed by atoms with van der Waals surface area (Å²) in [5.74, 6) is -0.284. The molecule has 1 heterocycles. The fraction of sp³-hybridized carbons (Fsp3) is 0.238. The molecular weight excluding hydrogens is 362 g/mol. The van der Waals surface area contributed by atoms with Crippen LogP contribution in [0.4, 0.5) is 5.69 Å². The summed E-state index contributed by atoms with van der Waals surface area (Å²) >= 11 is 5.87. The highest BCUT2D eigenvalue weighted by atomic mass is 35.5. The first-order valence-electron chi connectivity index (χ1n) is 8.87. The molecule has 0 aliphatic carbocycles. The van der Waals surface area contributed by atoms with E-state index in [1.807, 2.05) is 44.3 Å². The van der Waals surface area contributed by atoms with Gasteiger partial charge in [-0.2, -0.15) is 0 Å². The van der Waals surface area contributed by atoms with Gasteiger partial charge in [-0.15, -0.1) is 0 Å². The maximum absolute atomic E-state index is 12.8. The number of carbonyl (C=O) groups is 2. The average Bonchev–Trinajstić information content (AvgIpc) is 3.09. The molecule has 2 aromatic carbocycles. The van der Waals surface area contributed by atoms with E-state index in [4.69, 9.17) is 11.6 Å². The zero-order valence-corrected chi connectivity index (χ0v) is 16.0. The molecule has 3 rings (SSSR count). The van der Waals surface area contributed by atoms with Crippen molar-refractivity contribution in [3.05, 3.63) is 65.3 Å². The van der Waals surface area contributed by atoms with Crippen LogP contribution < -0.4 is 10.6 Å². The molecule has 1 atom stereocenters. The van der Waals surface area contributed by atoms with Gasteiger partial charge in [0.2, 0.25) is 5.91 Å². The average molecular weight is 384 g/mol. The summed E-state index contributed by atoms with van der Waals surface area (Å²) in [5.41, 5.74) is 2.17. The second-order valence-electron chi connectivity index (χ2n) is 6.93. The molecule has 3 aromatic rings. The Morgan fingerprint density at radius 2 is 1.81 bits per heavy atom. The quantitative estimate of drug-likeness (QED) is 0.581. The normalized spacial score (nSPS) is 12.1. The number of hydrogen-bond acceptors (Lipinski definition) is 2. The maximum Gasteiger partial charge on any atom is 0.251 e. The fourth-order valence-corrected chi connectivity index (χ4v) is 3.03. The van der Waals surface area contributed by atoms with E-state index in [1.54, 1.807) is 24.3 Å². The number of hydrogen-bond donors (Lipinski definition) is 3. The number of halogens is 1. The van der Waals surface area contributed by atoms with Gasteiger partial charge in [0, 0.05) is 33.4 Å². The van der Waals surface area contributed by atoms with Gasteiger partial charge in [0.05, 0.1) is 0 Å². The van der Waals surface area contributed by atoms with Gasteiger partial charge in [0.25, 0.3) is 5.91 Å². The molecule has 27 heavy (non-hydrogen) atoms. The van der Waals surface area contributed by atoms with E-state index in [1.165, 1.54) is 0 Å². The predicted octanol–water partition coefficient (Wildman–Crippen LogP) is 4.60. The molecule has 0 radical (unpaired) electrons. The topological polar surface area (TPSA) is 74.0 Å². The van der Waals surface area contributed by atoms with Crippen LogP contribution in [-0.4, -0.2) is 22.8 Å². The molecule has 5 nitrogen and oxygen atoms in total. The third kappa shape index (κ3) is 4.89. The van der Waals surface area contributed by atoms with Gasteiger partial charge in [-0.25, -0.2) is 0 Å². The largest absolute Gasteiger partial charge is 0.361 e. The van der Waals surface area contributed by atoms with Gasteiger partial charge in [0.15, 0.2) is 0 Å². The van der Waals surface area contributed by atoms with E-state index in [-0.39, 0.29) is 17.7 Å². The van der Waals surface area contributed by atoms with Crippen LogP contribution in [0, 0.1) is 5.92 Å². The van der Waals surface area contributed by atoms with Crippen LogP contribution in [-0.2, 0) is 4.79 Å². The second kappa shape index (κ2) is 8.27. The number of fused-ring (bicyclic) bond motifs is 1. The van der Waals surface area contributed by atoms with Crippen molar-refractivity contribution in [3.8, 4) is 0 Å². The Labute approximate surface area is 163 Å². The van der Waals surface area contributed by atoms with Crippen molar-refractivity contribution in [2.24, 2.45) is 5.92 Å². The van der Waals surface area contributed by atoms with Crippen LogP contribution in [0.25, 0.3) is 10.9 Å². The predicted molar refractivity (Wildman–Crippen MR) is 109 cm³/mol. The molecule has 0 saturated heterocycles. The number of nitrogens with one attached hydrogen (secondary N) is 3. The molecule has 0 aliphatic rings. The van der Waals surface area contributed by atoms with Crippen molar-refractivity contribution < 1.29 is 9.59 Å². The summed E-state index contributed by atoms with van der Waals surface area (Å²) in [4.78, 5) is 28.4. The van der Waals surface area contributed by atoms with Crippen LogP contribution in [0.15, 0.2) is 54.7 Å². The molecule has 3 N–H and O–H groups in total.